The molecular formula is C17H18F3N5O. The number of aromatic nitrogens is 3. The summed E-state index contributed by atoms with van der Waals surface area (Å²) in [5, 5.41) is 5.93. The Morgan fingerprint density at radius 2 is 2.04 bits per heavy atom. The fourth-order valence-corrected chi connectivity index (χ4v) is 2.62. The molecule has 2 aromatic heterocycles. The highest BCUT2D eigenvalue weighted by Gasteiger charge is 2.30. The maximum absolute atomic E-state index is 12.9. The van der Waals surface area contributed by atoms with E-state index in [4.69, 9.17) is 4.74 Å². The lowest BCUT2D eigenvalue weighted by atomic mass is 10.2. The summed E-state index contributed by atoms with van der Waals surface area (Å²) >= 11 is 0. The number of hydrogen-bond donors (Lipinski definition) is 2. The summed E-state index contributed by atoms with van der Waals surface area (Å²) in [5.41, 5.74) is 1.07. The van der Waals surface area contributed by atoms with Gasteiger partial charge in [-0.25, -0.2) is 9.97 Å². The van der Waals surface area contributed by atoms with Crippen LogP contribution in [0.4, 0.5) is 30.6 Å². The highest BCUT2D eigenvalue weighted by atomic mass is 19.4. The number of ether oxygens (including phenoxy) is 1. The zero-order chi connectivity index (χ0) is 18.7. The third-order valence-corrected chi connectivity index (χ3v) is 3.84. The Labute approximate surface area is 148 Å². The summed E-state index contributed by atoms with van der Waals surface area (Å²) < 4.78 is 45.6. The summed E-state index contributed by atoms with van der Waals surface area (Å²) in [6, 6.07) is 6.74. The van der Waals surface area contributed by atoms with Crippen molar-refractivity contribution in [2.75, 3.05) is 31.4 Å². The van der Waals surface area contributed by atoms with Gasteiger partial charge >= 0.3 is 6.18 Å². The highest BCUT2D eigenvalue weighted by molar-refractivity contribution is 5.81. The molecule has 0 bridgehead atoms. The molecule has 0 amide bonds. The van der Waals surface area contributed by atoms with Crippen molar-refractivity contribution in [3.05, 3.63) is 42.1 Å². The molecule has 1 aromatic carbocycles. The molecule has 2 heterocycles. The number of methoxy groups -OCH3 is 1. The summed E-state index contributed by atoms with van der Waals surface area (Å²) in [7, 11) is 3.38. The normalized spacial score (nSPS) is 11.7. The second-order valence-electron chi connectivity index (χ2n) is 5.59. The molecule has 138 valence electrons. The molecular weight excluding hydrogens is 347 g/mol. The van der Waals surface area contributed by atoms with Crippen molar-refractivity contribution in [2.24, 2.45) is 0 Å². The van der Waals surface area contributed by atoms with E-state index in [0.29, 0.717) is 36.1 Å². The van der Waals surface area contributed by atoms with Crippen LogP contribution in [-0.2, 0) is 17.5 Å². The molecule has 0 spiro atoms. The monoisotopic (exact) mass is 365 g/mol. The number of imidazole rings is 1. The standard InChI is InChI=1S/C17H18F3N5O/c1-21-16-24-13-10-22-15(9-14(13)25(16)6-7-26-2)23-12-5-3-4-11(8-12)17(18,19)20/h3-5,8-10H,6-7H2,1-2H3,(H,21,24)(H,22,23). The number of rotatable bonds is 6. The van der Waals surface area contributed by atoms with Crippen LogP contribution in [-0.4, -0.2) is 35.3 Å². The Bertz CT molecular complexity index is 907. The van der Waals surface area contributed by atoms with Gasteiger partial charge in [-0.3, -0.25) is 0 Å². The molecule has 0 aliphatic rings. The van der Waals surface area contributed by atoms with E-state index in [-0.39, 0.29) is 0 Å². The average molecular weight is 365 g/mol. The molecule has 0 radical (unpaired) electrons. The number of anilines is 3. The maximum atomic E-state index is 12.9. The van der Waals surface area contributed by atoms with Crippen molar-refractivity contribution in [1.29, 1.82) is 0 Å². The first-order valence-electron chi connectivity index (χ1n) is 7.89. The largest absolute Gasteiger partial charge is 0.416 e. The van der Waals surface area contributed by atoms with Crippen LogP contribution in [0.3, 0.4) is 0 Å². The Morgan fingerprint density at radius 3 is 2.73 bits per heavy atom. The topological polar surface area (TPSA) is 64.0 Å². The first-order chi connectivity index (χ1) is 12.4. The van der Waals surface area contributed by atoms with Crippen molar-refractivity contribution in [3.63, 3.8) is 0 Å². The Hall–Kier alpha value is -2.81. The lowest BCUT2D eigenvalue weighted by Gasteiger charge is -2.11. The molecule has 0 fully saturated rings. The summed E-state index contributed by atoms with van der Waals surface area (Å²) in [5.74, 6) is 1.09. The van der Waals surface area contributed by atoms with Crippen molar-refractivity contribution in [1.82, 2.24) is 14.5 Å². The van der Waals surface area contributed by atoms with Crippen molar-refractivity contribution in [3.8, 4) is 0 Å². The van der Waals surface area contributed by atoms with Crippen molar-refractivity contribution >= 4 is 28.5 Å². The number of nitrogens with zero attached hydrogens (tertiary/aromatic N) is 3. The predicted octanol–water partition coefficient (Wildman–Crippen LogP) is 3.88. The average Bonchev–Trinajstić information content (AvgIpc) is 2.96. The Morgan fingerprint density at radius 1 is 1.23 bits per heavy atom. The van der Waals surface area contributed by atoms with Crippen LogP contribution in [0.15, 0.2) is 36.5 Å². The molecule has 0 saturated heterocycles. The highest BCUT2D eigenvalue weighted by Crippen LogP contribution is 2.31. The fourth-order valence-electron chi connectivity index (χ4n) is 2.62. The lowest BCUT2D eigenvalue weighted by Crippen LogP contribution is -2.08. The van der Waals surface area contributed by atoms with Gasteiger partial charge in [0.25, 0.3) is 0 Å². The van der Waals surface area contributed by atoms with E-state index in [1.54, 1.807) is 32.5 Å². The SMILES string of the molecule is CNc1nc2cnc(Nc3cccc(C(F)(F)F)c3)cc2n1CCOC. The molecule has 0 saturated carbocycles. The molecule has 0 atom stereocenters. The lowest BCUT2D eigenvalue weighted by molar-refractivity contribution is -0.137. The number of halogens is 3. The zero-order valence-corrected chi connectivity index (χ0v) is 14.3. The minimum atomic E-state index is -4.39. The first kappa shape index (κ1) is 18.0. The van der Waals surface area contributed by atoms with Crippen LogP contribution in [0, 0.1) is 0 Å². The van der Waals surface area contributed by atoms with Gasteiger partial charge in [-0.05, 0) is 18.2 Å². The first-order valence-corrected chi connectivity index (χ1v) is 7.89. The van der Waals surface area contributed by atoms with E-state index >= 15 is 0 Å². The van der Waals surface area contributed by atoms with E-state index in [1.165, 1.54) is 6.07 Å². The molecule has 2 N–H and O–H groups in total. The minimum absolute atomic E-state index is 0.309. The number of alkyl halides is 3. The Kier molecular flexibility index (Phi) is 4.99. The summed E-state index contributed by atoms with van der Waals surface area (Å²) in [6.07, 6.45) is -2.81. The molecule has 3 rings (SSSR count). The van der Waals surface area contributed by atoms with Crippen molar-refractivity contribution < 1.29 is 17.9 Å². The molecule has 0 aliphatic heterocycles. The molecule has 0 unspecified atom stereocenters. The van der Waals surface area contributed by atoms with Gasteiger partial charge in [0.15, 0.2) is 0 Å². The molecule has 6 nitrogen and oxygen atoms in total. The molecule has 9 heteroatoms. The van der Waals surface area contributed by atoms with Crippen molar-refractivity contribution in [2.45, 2.75) is 12.7 Å². The maximum Gasteiger partial charge on any atom is 0.416 e. The predicted molar refractivity (Wildman–Crippen MR) is 93.7 cm³/mol. The van der Waals surface area contributed by atoms with Gasteiger partial charge in [-0.1, -0.05) is 6.07 Å². The van der Waals surface area contributed by atoms with Crippen LogP contribution < -0.4 is 10.6 Å². The minimum Gasteiger partial charge on any atom is -0.383 e. The van der Waals surface area contributed by atoms with E-state index < -0.39 is 11.7 Å². The molecule has 3 aromatic rings. The van der Waals surface area contributed by atoms with E-state index in [2.05, 4.69) is 20.6 Å². The van der Waals surface area contributed by atoms with Gasteiger partial charge in [-0.2, -0.15) is 13.2 Å². The third kappa shape index (κ3) is 3.72. The van der Waals surface area contributed by atoms with Crippen LogP contribution in [0.2, 0.25) is 0 Å². The second-order valence-corrected chi connectivity index (χ2v) is 5.59. The van der Waals surface area contributed by atoms with Gasteiger partial charge in [0.2, 0.25) is 5.95 Å². The zero-order valence-electron chi connectivity index (χ0n) is 14.3. The van der Waals surface area contributed by atoms with E-state index in [0.717, 1.165) is 17.6 Å². The fraction of sp³-hybridized carbons (Fsp3) is 0.294. The van der Waals surface area contributed by atoms with Gasteiger partial charge < -0.3 is 19.9 Å². The summed E-state index contributed by atoms with van der Waals surface area (Å²) in [6.45, 7) is 1.08. The van der Waals surface area contributed by atoms with Gasteiger partial charge in [0, 0.05) is 32.5 Å². The van der Waals surface area contributed by atoms with E-state index in [9.17, 15) is 13.2 Å². The van der Waals surface area contributed by atoms with Gasteiger partial charge in [0.05, 0.1) is 23.9 Å². The van der Waals surface area contributed by atoms with Gasteiger partial charge in [-0.15, -0.1) is 0 Å². The quantitative estimate of drug-likeness (QED) is 0.694. The Balaban J connectivity index is 1.94. The molecule has 0 aliphatic carbocycles. The number of fused-ring (bicyclic) bond motifs is 1. The van der Waals surface area contributed by atoms with Crippen LogP contribution in [0.25, 0.3) is 11.0 Å². The summed E-state index contributed by atoms with van der Waals surface area (Å²) in [4.78, 5) is 8.67. The molecule has 26 heavy (non-hydrogen) atoms. The van der Waals surface area contributed by atoms with Crippen LogP contribution in [0.5, 0.6) is 0 Å². The van der Waals surface area contributed by atoms with Crippen LogP contribution >= 0.6 is 0 Å². The third-order valence-electron chi connectivity index (χ3n) is 3.84. The number of benzene rings is 1. The number of nitrogens with one attached hydrogen (secondary N) is 2. The number of hydrogen-bond acceptors (Lipinski definition) is 5. The van der Waals surface area contributed by atoms with E-state index in [1.807, 2.05) is 4.57 Å². The van der Waals surface area contributed by atoms with Gasteiger partial charge in [0.1, 0.15) is 11.3 Å². The number of pyridine rings is 1. The second kappa shape index (κ2) is 7.20. The van der Waals surface area contributed by atoms with Crippen LogP contribution in [0.1, 0.15) is 5.56 Å². The smallest absolute Gasteiger partial charge is 0.383 e.